The summed E-state index contributed by atoms with van der Waals surface area (Å²) in [6.07, 6.45) is -19.2. The summed E-state index contributed by atoms with van der Waals surface area (Å²) in [6, 6.07) is 0. The standard InChI is InChI=1S/C12H22O17S2/c13-5-3(1-25-30(19,20)21)28-12(9(17)6(5)14)29-10-4(2-26-31(22,23)24)27-11(18)8(16)7(10)15/h3-18H,1-2H2,(H,19,20,21)(H,22,23,24)/t3-,4-,5+,6+,7-,8-,9-,10+,11?,12+/m1/s1. The Morgan fingerprint density at radius 3 is 1.68 bits per heavy atom. The highest BCUT2D eigenvalue weighted by molar-refractivity contribution is 7.81. The molecule has 0 aromatic heterocycles. The number of aliphatic hydroxyl groups is 6. The molecule has 2 rings (SSSR count). The van der Waals surface area contributed by atoms with Gasteiger partial charge in [0.25, 0.3) is 0 Å². The fourth-order valence-electron chi connectivity index (χ4n) is 2.85. The van der Waals surface area contributed by atoms with Crippen LogP contribution in [0.25, 0.3) is 0 Å². The number of rotatable bonds is 8. The van der Waals surface area contributed by atoms with Crippen LogP contribution in [0.15, 0.2) is 0 Å². The summed E-state index contributed by atoms with van der Waals surface area (Å²) in [4.78, 5) is 0. The molecule has 31 heavy (non-hydrogen) atoms. The van der Waals surface area contributed by atoms with Crippen molar-refractivity contribution in [2.24, 2.45) is 0 Å². The zero-order valence-corrected chi connectivity index (χ0v) is 16.9. The van der Waals surface area contributed by atoms with Gasteiger partial charge >= 0.3 is 20.8 Å². The summed E-state index contributed by atoms with van der Waals surface area (Å²) in [6.45, 7) is -2.09. The van der Waals surface area contributed by atoms with Gasteiger partial charge in [-0.3, -0.25) is 9.11 Å². The van der Waals surface area contributed by atoms with Crippen LogP contribution in [0.5, 0.6) is 0 Å². The maximum Gasteiger partial charge on any atom is 0.397 e. The zero-order valence-electron chi connectivity index (χ0n) is 15.3. The van der Waals surface area contributed by atoms with Gasteiger partial charge in [0, 0.05) is 0 Å². The van der Waals surface area contributed by atoms with E-state index < -0.39 is 95.4 Å². The number of hydrogen-bond acceptors (Lipinski definition) is 15. The lowest BCUT2D eigenvalue weighted by atomic mass is 9.97. The number of ether oxygens (including phenoxy) is 3. The molecule has 184 valence electrons. The normalized spacial score (nSPS) is 42.5. The molecule has 0 amide bonds. The molecular formula is C12H22O17S2. The molecule has 0 bridgehead atoms. The van der Waals surface area contributed by atoms with E-state index in [1.54, 1.807) is 0 Å². The molecule has 8 N–H and O–H groups in total. The first-order valence-corrected chi connectivity index (χ1v) is 11.1. The lowest BCUT2D eigenvalue weighted by Crippen LogP contribution is -2.64. The van der Waals surface area contributed by atoms with E-state index in [4.69, 9.17) is 23.3 Å². The van der Waals surface area contributed by atoms with Crippen LogP contribution in [0.1, 0.15) is 0 Å². The number of hydrogen-bond donors (Lipinski definition) is 8. The van der Waals surface area contributed by atoms with Gasteiger partial charge in [-0.25, -0.2) is 8.37 Å². The molecule has 2 fully saturated rings. The van der Waals surface area contributed by atoms with Crippen LogP contribution >= 0.6 is 0 Å². The van der Waals surface area contributed by atoms with Crippen LogP contribution in [-0.4, -0.2) is 131 Å². The predicted octanol–water partition coefficient (Wildman–Crippen LogP) is -5.74. The van der Waals surface area contributed by atoms with Crippen molar-refractivity contribution in [3.8, 4) is 0 Å². The van der Waals surface area contributed by atoms with Gasteiger partial charge in [0.05, 0.1) is 13.2 Å². The van der Waals surface area contributed by atoms with Crippen LogP contribution in [0.3, 0.4) is 0 Å². The van der Waals surface area contributed by atoms with Crippen molar-refractivity contribution in [2.45, 2.75) is 61.4 Å². The first-order valence-electron chi connectivity index (χ1n) is 8.39. The van der Waals surface area contributed by atoms with Crippen molar-refractivity contribution >= 4 is 20.8 Å². The van der Waals surface area contributed by atoms with Crippen LogP contribution < -0.4 is 0 Å². The third-order valence-corrected chi connectivity index (χ3v) is 5.25. The molecule has 17 nitrogen and oxygen atoms in total. The Kier molecular flexibility index (Phi) is 8.68. The number of aliphatic hydroxyl groups excluding tert-OH is 6. The van der Waals surface area contributed by atoms with E-state index in [9.17, 15) is 47.5 Å². The van der Waals surface area contributed by atoms with Gasteiger partial charge in [-0.05, 0) is 0 Å². The molecule has 0 spiro atoms. The Labute approximate surface area is 175 Å². The highest BCUT2D eigenvalue weighted by Crippen LogP contribution is 2.29. The molecule has 19 heteroatoms. The van der Waals surface area contributed by atoms with E-state index >= 15 is 0 Å². The van der Waals surface area contributed by atoms with Crippen molar-refractivity contribution in [2.75, 3.05) is 13.2 Å². The average molecular weight is 502 g/mol. The smallest absolute Gasteiger partial charge is 0.387 e. The molecule has 2 aliphatic heterocycles. The third-order valence-electron chi connectivity index (χ3n) is 4.38. The van der Waals surface area contributed by atoms with Crippen LogP contribution in [-0.2, 0) is 43.4 Å². The summed E-state index contributed by atoms with van der Waals surface area (Å²) in [5, 5.41) is 59.4. The second-order valence-electron chi connectivity index (χ2n) is 6.59. The zero-order chi connectivity index (χ0) is 23.7. The van der Waals surface area contributed by atoms with E-state index in [0.29, 0.717) is 0 Å². The summed E-state index contributed by atoms with van der Waals surface area (Å²) in [5.41, 5.74) is 0. The van der Waals surface area contributed by atoms with Gasteiger partial charge in [0.15, 0.2) is 12.6 Å². The van der Waals surface area contributed by atoms with Crippen LogP contribution in [0.2, 0.25) is 0 Å². The second kappa shape index (κ2) is 10.1. The molecule has 2 saturated heterocycles. The minimum absolute atomic E-state index is 1.04. The van der Waals surface area contributed by atoms with Crippen LogP contribution in [0, 0.1) is 0 Å². The summed E-state index contributed by atoms with van der Waals surface area (Å²) >= 11 is 0. The van der Waals surface area contributed by atoms with E-state index in [1.807, 2.05) is 0 Å². The summed E-state index contributed by atoms with van der Waals surface area (Å²) < 4.78 is 83.5. The van der Waals surface area contributed by atoms with Crippen molar-refractivity contribution in [1.29, 1.82) is 0 Å². The van der Waals surface area contributed by atoms with Crippen molar-refractivity contribution in [3.63, 3.8) is 0 Å². The molecule has 2 aliphatic rings. The second-order valence-corrected chi connectivity index (χ2v) is 8.77. The van der Waals surface area contributed by atoms with Gasteiger partial charge < -0.3 is 44.8 Å². The molecule has 0 radical (unpaired) electrons. The minimum Gasteiger partial charge on any atom is -0.387 e. The van der Waals surface area contributed by atoms with Gasteiger partial charge in [0.1, 0.15) is 48.8 Å². The molecule has 1 unspecified atom stereocenters. The van der Waals surface area contributed by atoms with Gasteiger partial charge in [-0.1, -0.05) is 0 Å². The fraction of sp³-hybridized carbons (Fsp3) is 1.00. The summed E-state index contributed by atoms with van der Waals surface area (Å²) in [5.74, 6) is 0. The Morgan fingerprint density at radius 2 is 1.16 bits per heavy atom. The molecule has 10 atom stereocenters. The Balaban J connectivity index is 2.19. The first kappa shape index (κ1) is 26.6. The predicted molar refractivity (Wildman–Crippen MR) is 89.4 cm³/mol. The largest absolute Gasteiger partial charge is 0.397 e. The van der Waals surface area contributed by atoms with Gasteiger partial charge in [-0.2, -0.15) is 16.8 Å². The molecule has 0 saturated carbocycles. The van der Waals surface area contributed by atoms with Crippen molar-refractivity contribution in [3.05, 3.63) is 0 Å². The third kappa shape index (κ3) is 7.18. The Bertz CT molecular complexity index is 800. The van der Waals surface area contributed by atoms with E-state index in [2.05, 4.69) is 8.37 Å². The first-order chi connectivity index (χ1) is 14.1. The average Bonchev–Trinajstić information content (AvgIpc) is 2.64. The topological polar surface area (TPSA) is 276 Å². The van der Waals surface area contributed by atoms with Crippen molar-refractivity contribution in [1.82, 2.24) is 0 Å². The summed E-state index contributed by atoms with van der Waals surface area (Å²) in [7, 11) is -9.97. The fourth-order valence-corrected chi connectivity index (χ4v) is 3.46. The van der Waals surface area contributed by atoms with Gasteiger partial charge in [0.2, 0.25) is 0 Å². The molecular weight excluding hydrogens is 480 g/mol. The SMILES string of the molecule is O=S(=O)(O)OC[C@H]1O[C@@H](O[C@@H]2[C@H](O)[C@@H](O)C(O)O[C@@H]2COS(=O)(=O)O)[C@H](O)[C@@H](O)[C@H]1O. The minimum atomic E-state index is -5.00. The highest BCUT2D eigenvalue weighted by Gasteiger charge is 2.50. The molecule has 0 aromatic rings. The van der Waals surface area contributed by atoms with Gasteiger partial charge in [-0.15, -0.1) is 0 Å². The Morgan fingerprint density at radius 1 is 0.645 bits per heavy atom. The van der Waals surface area contributed by atoms with Crippen LogP contribution in [0.4, 0.5) is 0 Å². The Hall–Kier alpha value is -0.620. The van der Waals surface area contributed by atoms with E-state index in [1.165, 1.54) is 0 Å². The maximum absolute atomic E-state index is 10.8. The maximum atomic E-state index is 10.8. The van der Waals surface area contributed by atoms with E-state index in [-0.39, 0.29) is 0 Å². The monoisotopic (exact) mass is 502 g/mol. The highest BCUT2D eigenvalue weighted by atomic mass is 32.3. The molecule has 0 aromatic carbocycles. The lowest BCUT2D eigenvalue weighted by Gasteiger charge is -2.45. The molecule has 2 heterocycles. The quantitative estimate of drug-likeness (QED) is 0.143. The lowest BCUT2D eigenvalue weighted by molar-refractivity contribution is -0.354. The molecule has 0 aliphatic carbocycles. The van der Waals surface area contributed by atoms with E-state index in [0.717, 1.165) is 0 Å². The van der Waals surface area contributed by atoms with Crippen molar-refractivity contribution < 1.29 is 79.2 Å².